The fourth-order valence-corrected chi connectivity index (χ4v) is 4.45. The largest absolute Gasteiger partial charge is 0.493 e. The number of hydrazone groups is 1. The number of furan rings is 1. The zero-order valence-corrected chi connectivity index (χ0v) is 24.8. The third-order valence-corrected chi connectivity index (χ3v) is 6.58. The minimum atomic E-state index is -0.786. The molecule has 4 rings (SSSR count). The van der Waals surface area contributed by atoms with Gasteiger partial charge in [-0.05, 0) is 68.3 Å². The summed E-state index contributed by atoms with van der Waals surface area (Å²) in [6, 6.07) is 12.1. The average Bonchev–Trinajstić information content (AvgIpc) is 3.48. The number of aryl methyl sites for hydroxylation is 1. The Bertz CT molecular complexity index is 1640. The molecule has 3 aromatic rings. The topological polar surface area (TPSA) is 167 Å². The number of hydrogen-bond donors (Lipinski definition) is 3. The molecule has 0 aliphatic carbocycles. The van der Waals surface area contributed by atoms with E-state index < -0.39 is 29.9 Å². The van der Waals surface area contributed by atoms with E-state index in [2.05, 4.69) is 21.2 Å². The molecule has 0 saturated carbocycles. The molecule has 0 unspecified atom stereocenters. The number of amides is 3. The van der Waals surface area contributed by atoms with Crippen LogP contribution in [0.15, 0.2) is 69.3 Å². The first kappa shape index (κ1) is 31.3. The van der Waals surface area contributed by atoms with Crippen molar-refractivity contribution in [2.45, 2.75) is 26.8 Å². The first-order valence-electron chi connectivity index (χ1n) is 13.5. The lowest BCUT2D eigenvalue weighted by Crippen LogP contribution is -2.45. The van der Waals surface area contributed by atoms with E-state index in [-0.39, 0.29) is 30.3 Å². The van der Waals surface area contributed by atoms with Gasteiger partial charge < -0.3 is 34.0 Å². The molecule has 0 spiro atoms. The van der Waals surface area contributed by atoms with Crippen LogP contribution in [0.1, 0.15) is 47.1 Å². The van der Waals surface area contributed by atoms with Crippen molar-refractivity contribution in [1.29, 1.82) is 0 Å². The Hall–Kier alpha value is -5.59. The lowest BCUT2D eigenvalue weighted by molar-refractivity contribution is -0.139. The summed E-state index contributed by atoms with van der Waals surface area (Å²) in [6.45, 7) is 4.99. The van der Waals surface area contributed by atoms with Crippen LogP contribution in [0.4, 0.5) is 4.79 Å². The second-order valence-electron chi connectivity index (χ2n) is 9.51. The number of urea groups is 1. The van der Waals surface area contributed by atoms with Gasteiger partial charge in [0.25, 0.3) is 5.91 Å². The monoisotopic (exact) mass is 604 g/mol. The molecule has 1 aromatic heterocycles. The number of esters is 2. The number of hydrogen-bond acceptors (Lipinski definition) is 10. The Morgan fingerprint density at radius 2 is 1.82 bits per heavy atom. The van der Waals surface area contributed by atoms with E-state index in [1.54, 1.807) is 62.4 Å². The Balaban J connectivity index is 1.38. The van der Waals surface area contributed by atoms with Gasteiger partial charge in [0.15, 0.2) is 18.1 Å². The van der Waals surface area contributed by atoms with Crippen LogP contribution in [0.3, 0.4) is 0 Å². The van der Waals surface area contributed by atoms with Crippen molar-refractivity contribution in [3.8, 4) is 22.8 Å². The molecule has 2 aromatic carbocycles. The molecule has 3 amide bonds. The van der Waals surface area contributed by atoms with Gasteiger partial charge in [-0.2, -0.15) is 5.10 Å². The molecule has 3 N–H and O–H groups in total. The second-order valence-corrected chi connectivity index (χ2v) is 9.51. The molecular weight excluding hydrogens is 572 g/mol. The van der Waals surface area contributed by atoms with Gasteiger partial charge in [-0.3, -0.25) is 4.79 Å². The number of methoxy groups -OCH3 is 2. The summed E-state index contributed by atoms with van der Waals surface area (Å²) in [6.07, 6.45) is 1.33. The summed E-state index contributed by atoms with van der Waals surface area (Å²) in [5.41, 5.74) is 5.56. The van der Waals surface area contributed by atoms with Crippen molar-refractivity contribution in [2.24, 2.45) is 5.10 Å². The fourth-order valence-electron chi connectivity index (χ4n) is 4.45. The smallest absolute Gasteiger partial charge is 0.338 e. The van der Waals surface area contributed by atoms with Crippen LogP contribution < -0.4 is 25.5 Å². The number of carbonyl (C=O) groups excluding carboxylic acids is 4. The van der Waals surface area contributed by atoms with Crippen molar-refractivity contribution >= 4 is 30.1 Å². The SMILES string of the molecule is CCOC(=O)C1=C(C)NC(=O)N[C@H]1c1ccc(OCC(=O)N/N=C\c2ccc(-c3cc(C(=O)OC)ccc3C)o2)c(OC)c1. The minimum absolute atomic E-state index is 0.174. The van der Waals surface area contributed by atoms with E-state index in [1.165, 1.54) is 20.4 Å². The highest BCUT2D eigenvalue weighted by Gasteiger charge is 2.32. The lowest BCUT2D eigenvalue weighted by atomic mass is 9.95. The molecule has 230 valence electrons. The van der Waals surface area contributed by atoms with E-state index >= 15 is 0 Å². The first-order chi connectivity index (χ1) is 21.1. The maximum atomic E-state index is 12.6. The quantitative estimate of drug-likeness (QED) is 0.168. The second kappa shape index (κ2) is 14.1. The highest BCUT2D eigenvalue weighted by atomic mass is 16.5. The standard InChI is InChI=1S/C31H32N4O9/c1-6-42-30(38)27-18(3)33-31(39)34-28(27)19-9-11-24(25(14-19)40-4)43-16-26(36)35-32-15-21-10-12-23(44-21)22-13-20(29(37)41-5)8-7-17(22)2/h7-15,28H,6,16H2,1-5H3,(H,35,36)(H2,33,34,39)/b32-15-/t28-/m0/s1. The normalized spacial score (nSPS) is 14.5. The van der Waals surface area contributed by atoms with E-state index in [1.807, 2.05) is 6.92 Å². The Kier molecular flexibility index (Phi) is 10.0. The van der Waals surface area contributed by atoms with Crippen LogP contribution in [0, 0.1) is 6.92 Å². The van der Waals surface area contributed by atoms with Crippen molar-refractivity contribution in [3.05, 3.63) is 82.3 Å². The van der Waals surface area contributed by atoms with Crippen molar-refractivity contribution in [3.63, 3.8) is 0 Å². The van der Waals surface area contributed by atoms with Crippen LogP contribution in [0.5, 0.6) is 11.5 Å². The molecule has 44 heavy (non-hydrogen) atoms. The zero-order chi connectivity index (χ0) is 31.8. The van der Waals surface area contributed by atoms with Gasteiger partial charge in [-0.1, -0.05) is 12.1 Å². The van der Waals surface area contributed by atoms with Gasteiger partial charge in [-0.15, -0.1) is 0 Å². The van der Waals surface area contributed by atoms with Gasteiger partial charge in [-0.25, -0.2) is 19.8 Å². The maximum absolute atomic E-state index is 12.6. The number of allylic oxidation sites excluding steroid dienone is 1. The Morgan fingerprint density at radius 3 is 2.55 bits per heavy atom. The van der Waals surface area contributed by atoms with E-state index in [4.69, 9.17) is 23.4 Å². The van der Waals surface area contributed by atoms with Crippen LogP contribution in [-0.2, 0) is 19.1 Å². The van der Waals surface area contributed by atoms with Crippen molar-refractivity contribution in [1.82, 2.24) is 16.1 Å². The van der Waals surface area contributed by atoms with Crippen molar-refractivity contribution < 1.29 is 42.5 Å². The van der Waals surface area contributed by atoms with E-state index in [0.29, 0.717) is 28.3 Å². The van der Waals surface area contributed by atoms with Gasteiger partial charge in [0.2, 0.25) is 0 Å². The number of benzene rings is 2. The highest BCUT2D eigenvalue weighted by Crippen LogP contribution is 2.34. The van der Waals surface area contributed by atoms with Crippen LogP contribution >= 0.6 is 0 Å². The minimum Gasteiger partial charge on any atom is -0.493 e. The summed E-state index contributed by atoms with van der Waals surface area (Å²) in [5, 5.41) is 9.22. The molecule has 0 saturated heterocycles. The van der Waals surface area contributed by atoms with Crippen LogP contribution in [0.2, 0.25) is 0 Å². The fraction of sp³-hybridized carbons (Fsp3) is 0.258. The third-order valence-electron chi connectivity index (χ3n) is 6.58. The first-order valence-corrected chi connectivity index (χ1v) is 13.5. The molecule has 1 aliphatic heterocycles. The average molecular weight is 605 g/mol. The van der Waals surface area contributed by atoms with Crippen LogP contribution in [-0.4, -0.2) is 57.5 Å². The van der Waals surface area contributed by atoms with Crippen LogP contribution in [0.25, 0.3) is 11.3 Å². The zero-order valence-electron chi connectivity index (χ0n) is 24.8. The maximum Gasteiger partial charge on any atom is 0.338 e. The number of nitrogens with zero attached hydrogens (tertiary/aromatic N) is 1. The Labute approximate surface area is 253 Å². The molecule has 13 nitrogen and oxygen atoms in total. The molecule has 13 heteroatoms. The van der Waals surface area contributed by atoms with Gasteiger partial charge in [0.1, 0.15) is 11.5 Å². The third kappa shape index (κ3) is 7.24. The van der Waals surface area contributed by atoms with Gasteiger partial charge in [0.05, 0.1) is 44.2 Å². The van der Waals surface area contributed by atoms with Gasteiger partial charge >= 0.3 is 18.0 Å². The summed E-state index contributed by atoms with van der Waals surface area (Å²) >= 11 is 0. The predicted octanol–water partition coefficient (Wildman–Crippen LogP) is 3.77. The van der Waals surface area contributed by atoms with E-state index in [0.717, 1.165) is 11.1 Å². The molecule has 0 fully saturated rings. The summed E-state index contributed by atoms with van der Waals surface area (Å²) in [4.78, 5) is 49.0. The summed E-state index contributed by atoms with van der Waals surface area (Å²) < 4.78 is 26.8. The molecule has 0 bridgehead atoms. The predicted molar refractivity (Wildman–Crippen MR) is 158 cm³/mol. The summed E-state index contributed by atoms with van der Waals surface area (Å²) in [7, 11) is 2.74. The molecule has 1 aliphatic rings. The van der Waals surface area contributed by atoms with Gasteiger partial charge in [0, 0.05) is 11.3 Å². The number of nitrogens with one attached hydrogen (secondary N) is 3. The summed E-state index contributed by atoms with van der Waals surface area (Å²) in [5.74, 6) is -0.135. The van der Waals surface area contributed by atoms with Crippen molar-refractivity contribution in [2.75, 3.05) is 27.4 Å². The number of ether oxygens (including phenoxy) is 4. The van der Waals surface area contributed by atoms with E-state index in [9.17, 15) is 19.2 Å². The number of rotatable bonds is 11. The molecule has 2 heterocycles. The number of carbonyl (C=O) groups is 4. The molecule has 1 atom stereocenters. The molecular formula is C31H32N4O9. The highest BCUT2D eigenvalue weighted by molar-refractivity contribution is 5.95. The molecule has 0 radical (unpaired) electrons. The Morgan fingerprint density at radius 1 is 1.02 bits per heavy atom. The lowest BCUT2D eigenvalue weighted by Gasteiger charge is -2.28.